The highest BCUT2D eigenvalue weighted by Gasteiger charge is 2.30. The Morgan fingerprint density at radius 1 is 1.47 bits per heavy atom. The molecule has 1 aromatic carbocycles. The van der Waals surface area contributed by atoms with Crippen LogP contribution in [0, 0.1) is 0 Å². The second-order valence-electron chi connectivity index (χ2n) is 4.64. The predicted octanol–water partition coefficient (Wildman–Crippen LogP) is 1.28. The number of nitrogens with two attached hydrogens (primary N) is 1. The molecule has 0 aromatic heterocycles. The number of para-hydroxylation sites is 1. The van der Waals surface area contributed by atoms with Crippen molar-refractivity contribution in [2.24, 2.45) is 5.73 Å². The maximum Gasteiger partial charge on any atom is 0.253 e. The fraction of sp³-hybridized carbons (Fsp3) is 0.500. The summed E-state index contributed by atoms with van der Waals surface area (Å²) in [6, 6.07) is 7.59. The van der Waals surface area contributed by atoms with Crippen LogP contribution in [0.4, 0.5) is 5.69 Å². The number of ether oxygens (including phenoxy) is 2. The lowest BCUT2D eigenvalue weighted by Gasteiger charge is -2.14. The van der Waals surface area contributed by atoms with Crippen molar-refractivity contribution < 1.29 is 14.3 Å². The first-order valence-corrected chi connectivity index (χ1v) is 6.48. The van der Waals surface area contributed by atoms with Gasteiger partial charge >= 0.3 is 0 Å². The van der Waals surface area contributed by atoms with E-state index in [0.717, 1.165) is 24.1 Å². The Labute approximate surface area is 113 Å². The molecule has 19 heavy (non-hydrogen) atoms. The minimum Gasteiger partial charge on any atom is -0.380 e. The van der Waals surface area contributed by atoms with Gasteiger partial charge in [-0.05, 0) is 18.9 Å². The van der Waals surface area contributed by atoms with Crippen molar-refractivity contribution in [1.29, 1.82) is 0 Å². The van der Waals surface area contributed by atoms with Crippen LogP contribution in [0.15, 0.2) is 24.3 Å². The number of methoxy groups -OCH3 is 1. The molecule has 5 heteroatoms. The number of hydrogen-bond acceptors (Lipinski definition) is 4. The molecule has 0 aliphatic carbocycles. The predicted molar refractivity (Wildman–Crippen MR) is 72.7 cm³/mol. The van der Waals surface area contributed by atoms with Crippen molar-refractivity contribution in [2.75, 3.05) is 19.0 Å². The number of carbonyl (C=O) groups excluding carboxylic acids is 1. The number of carbonyl (C=O) groups is 1. The quantitative estimate of drug-likeness (QED) is 0.840. The van der Waals surface area contributed by atoms with Crippen LogP contribution in [-0.4, -0.2) is 31.8 Å². The van der Waals surface area contributed by atoms with E-state index in [0.29, 0.717) is 13.2 Å². The fourth-order valence-corrected chi connectivity index (χ4v) is 2.21. The summed E-state index contributed by atoms with van der Waals surface area (Å²) in [6.45, 7) is 0.928. The van der Waals surface area contributed by atoms with Gasteiger partial charge in [0.25, 0.3) is 5.91 Å². The molecule has 1 fully saturated rings. The SMILES string of the molecule is COCc1ccccc1NC(=O)[C@@H]1CC[C@H](CN)O1. The maximum absolute atomic E-state index is 12.1. The number of amides is 1. The van der Waals surface area contributed by atoms with E-state index < -0.39 is 6.10 Å². The Balaban J connectivity index is 1.99. The van der Waals surface area contributed by atoms with Crippen LogP contribution in [0.1, 0.15) is 18.4 Å². The van der Waals surface area contributed by atoms with Gasteiger partial charge in [0, 0.05) is 24.9 Å². The Hall–Kier alpha value is -1.43. The van der Waals surface area contributed by atoms with Crippen LogP contribution in [0.2, 0.25) is 0 Å². The third-order valence-electron chi connectivity index (χ3n) is 3.24. The summed E-state index contributed by atoms with van der Waals surface area (Å²) in [5.74, 6) is -0.112. The van der Waals surface area contributed by atoms with E-state index >= 15 is 0 Å². The molecule has 0 spiro atoms. The summed E-state index contributed by atoms with van der Waals surface area (Å²) >= 11 is 0. The van der Waals surface area contributed by atoms with E-state index in [4.69, 9.17) is 15.2 Å². The molecule has 0 radical (unpaired) electrons. The minimum absolute atomic E-state index is 0.00460. The molecular formula is C14H20N2O3. The second-order valence-corrected chi connectivity index (χ2v) is 4.64. The van der Waals surface area contributed by atoms with Crippen molar-refractivity contribution in [3.05, 3.63) is 29.8 Å². The smallest absolute Gasteiger partial charge is 0.253 e. The number of benzene rings is 1. The molecule has 1 aliphatic rings. The minimum atomic E-state index is -0.399. The Kier molecular flexibility index (Phi) is 4.90. The van der Waals surface area contributed by atoms with E-state index in [9.17, 15) is 4.79 Å². The number of hydrogen-bond donors (Lipinski definition) is 2. The zero-order valence-corrected chi connectivity index (χ0v) is 11.1. The topological polar surface area (TPSA) is 73.6 Å². The van der Waals surface area contributed by atoms with E-state index in [-0.39, 0.29) is 12.0 Å². The first-order valence-electron chi connectivity index (χ1n) is 6.48. The van der Waals surface area contributed by atoms with Gasteiger partial charge in [-0.25, -0.2) is 0 Å². The van der Waals surface area contributed by atoms with Gasteiger partial charge in [0.15, 0.2) is 0 Å². The molecule has 5 nitrogen and oxygen atoms in total. The molecule has 0 bridgehead atoms. The largest absolute Gasteiger partial charge is 0.380 e. The normalized spacial score (nSPS) is 22.4. The lowest BCUT2D eigenvalue weighted by atomic mass is 10.1. The first-order chi connectivity index (χ1) is 9.24. The van der Waals surface area contributed by atoms with Gasteiger partial charge in [-0.3, -0.25) is 4.79 Å². The van der Waals surface area contributed by atoms with Crippen molar-refractivity contribution >= 4 is 11.6 Å². The molecule has 2 atom stereocenters. The molecule has 0 saturated carbocycles. The van der Waals surface area contributed by atoms with Crippen molar-refractivity contribution in [1.82, 2.24) is 0 Å². The molecule has 0 unspecified atom stereocenters. The first kappa shape index (κ1) is 14.0. The van der Waals surface area contributed by atoms with Crippen molar-refractivity contribution in [2.45, 2.75) is 31.7 Å². The summed E-state index contributed by atoms with van der Waals surface area (Å²) in [6.07, 6.45) is 1.17. The van der Waals surface area contributed by atoms with Crippen LogP contribution < -0.4 is 11.1 Å². The van der Waals surface area contributed by atoms with Gasteiger partial charge in [-0.2, -0.15) is 0 Å². The Morgan fingerprint density at radius 2 is 2.26 bits per heavy atom. The van der Waals surface area contributed by atoms with Crippen LogP contribution in [-0.2, 0) is 20.9 Å². The average Bonchev–Trinajstić information content (AvgIpc) is 2.90. The molecule has 3 N–H and O–H groups in total. The molecule has 1 amide bonds. The zero-order chi connectivity index (χ0) is 13.7. The highest BCUT2D eigenvalue weighted by molar-refractivity contribution is 5.95. The van der Waals surface area contributed by atoms with Crippen LogP contribution in [0.5, 0.6) is 0 Å². The summed E-state index contributed by atoms with van der Waals surface area (Å²) in [5, 5.41) is 2.90. The van der Waals surface area contributed by atoms with Gasteiger partial charge in [-0.1, -0.05) is 18.2 Å². The van der Waals surface area contributed by atoms with Crippen molar-refractivity contribution in [3.63, 3.8) is 0 Å². The molecule has 1 aromatic rings. The second kappa shape index (κ2) is 6.65. The highest BCUT2D eigenvalue weighted by Crippen LogP contribution is 2.22. The van der Waals surface area contributed by atoms with Gasteiger partial charge in [0.1, 0.15) is 6.10 Å². The number of nitrogens with one attached hydrogen (secondary N) is 1. The summed E-state index contributed by atoms with van der Waals surface area (Å²) in [5.41, 5.74) is 7.26. The average molecular weight is 264 g/mol. The lowest BCUT2D eigenvalue weighted by Crippen LogP contribution is -2.30. The van der Waals surface area contributed by atoms with Crippen molar-refractivity contribution in [3.8, 4) is 0 Å². The fourth-order valence-electron chi connectivity index (χ4n) is 2.21. The maximum atomic E-state index is 12.1. The van der Waals surface area contributed by atoms with E-state index in [1.54, 1.807) is 7.11 Å². The van der Waals surface area contributed by atoms with E-state index in [1.807, 2.05) is 24.3 Å². The molecular weight excluding hydrogens is 244 g/mol. The summed E-state index contributed by atoms with van der Waals surface area (Å²) in [7, 11) is 1.63. The van der Waals surface area contributed by atoms with Gasteiger partial charge in [0.2, 0.25) is 0 Å². The molecule has 1 heterocycles. The van der Waals surface area contributed by atoms with Crippen LogP contribution in [0.25, 0.3) is 0 Å². The third kappa shape index (κ3) is 3.53. The number of anilines is 1. The van der Waals surface area contributed by atoms with Crippen LogP contribution in [0.3, 0.4) is 0 Å². The standard InChI is InChI=1S/C14H20N2O3/c1-18-9-10-4-2-3-5-12(10)16-14(17)13-7-6-11(8-15)19-13/h2-5,11,13H,6-9,15H2,1H3,(H,16,17)/t11-,13+/m1/s1. The number of rotatable bonds is 5. The monoisotopic (exact) mass is 264 g/mol. The molecule has 104 valence electrons. The zero-order valence-electron chi connectivity index (χ0n) is 11.1. The molecule has 2 rings (SSSR count). The van der Waals surface area contributed by atoms with Gasteiger partial charge in [-0.15, -0.1) is 0 Å². The van der Waals surface area contributed by atoms with Gasteiger partial charge < -0.3 is 20.5 Å². The third-order valence-corrected chi connectivity index (χ3v) is 3.24. The highest BCUT2D eigenvalue weighted by atomic mass is 16.5. The Morgan fingerprint density at radius 3 is 2.95 bits per heavy atom. The summed E-state index contributed by atoms with van der Waals surface area (Å²) in [4.78, 5) is 12.1. The van der Waals surface area contributed by atoms with Crippen LogP contribution >= 0.6 is 0 Å². The summed E-state index contributed by atoms with van der Waals surface area (Å²) < 4.78 is 10.7. The van der Waals surface area contributed by atoms with E-state index in [2.05, 4.69) is 5.32 Å². The lowest BCUT2D eigenvalue weighted by molar-refractivity contribution is -0.126. The Bertz CT molecular complexity index is 436. The molecule has 1 aliphatic heterocycles. The molecule has 1 saturated heterocycles. The van der Waals surface area contributed by atoms with E-state index in [1.165, 1.54) is 0 Å². The van der Waals surface area contributed by atoms with Gasteiger partial charge in [0.05, 0.1) is 12.7 Å².